The summed E-state index contributed by atoms with van der Waals surface area (Å²) in [7, 11) is 0. The second kappa shape index (κ2) is 14.6. The number of hydrogen-bond donors (Lipinski definition) is 2. The second-order valence-electron chi connectivity index (χ2n) is 11.1. The number of aromatic nitrogens is 2. The van der Waals surface area contributed by atoms with Crippen molar-refractivity contribution in [3.8, 4) is 11.4 Å². The molecule has 7 nitrogen and oxygen atoms in total. The highest BCUT2D eigenvalue weighted by molar-refractivity contribution is 9.10. The van der Waals surface area contributed by atoms with Crippen LogP contribution in [-0.4, -0.2) is 34.0 Å². The number of aliphatic imine (C=N–C) groups is 1. The number of hydrogen-bond acceptors (Lipinski definition) is 6. The SMILES string of the molecule is CCN(CC)c1ccc(C=Nc2ccc(-n3c(Cc4ccccc4Nc4c(Cl)cccc4Cl)nc4ccc(Br)cc4c3=O)cc2)c(O)c1. The van der Waals surface area contributed by atoms with Crippen LogP contribution in [0, 0.1) is 0 Å². The molecule has 0 radical (unpaired) electrons. The first-order chi connectivity index (χ1) is 23.2. The number of nitrogens with one attached hydrogen (secondary N) is 1. The fraction of sp³-hybridized carbons (Fsp3) is 0.132. The topological polar surface area (TPSA) is 82.8 Å². The Morgan fingerprint density at radius 2 is 1.65 bits per heavy atom. The second-order valence-corrected chi connectivity index (χ2v) is 12.8. The summed E-state index contributed by atoms with van der Waals surface area (Å²) >= 11 is 16.4. The molecule has 0 bridgehead atoms. The Morgan fingerprint density at radius 3 is 2.35 bits per heavy atom. The first kappa shape index (κ1) is 33.3. The molecule has 0 atom stereocenters. The fourth-order valence-corrected chi connectivity index (χ4v) is 6.42. The summed E-state index contributed by atoms with van der Waals surface area (Å²) in [6, 6.07) is 31.6. The molecule has 242 valence electrons. The summed E-state index contributed by atoms with van der Waals surface area (Å²) in [4.78, 5) is 25.8. The number of para-hydroxylation sites is 2. The van der Waals surface area contributed by atoms with E-state index >= 15 is 0 Å². The van der Waals surface area contributed by atoms with Crippen molar-refractivity contribution in [2.24, 2.45) is 4.99 Å². The summed E-state index contributed by atoms with van der Waals surface area (Å²) in [6.07, 6.45) is 1.98. The van der Waals surface area contributed by atoms with E-state index in [2.05, 4.69) is 45.0 Å². The van der Waals surface area contributed by atoms with E-state index in [1.807, 2.05) is 72.8 Å². The van der Waals surface area contributed by atoms with Gasteiger partial charge in [0.15, 0.2) is 0 Å². The molecule has 1 aromatic heterocycles. The van der Waals surface area contributed by atoms with Crippen molar-refractivity contribution in [3.05, 3.63) is 145 Å². The monoisotopic (exact) mass is 739 g/mol. The molecular weight excluding hydrogens is 709 g/mol. The van der Waals surface area contributed by atoms with Crippen molar-refractivity contribution in [1.82, 2.24) is 9.55 Å². The number of fused-ring (bicyclic) bond motifs is 1. The Hall–Kier alpha value is -4.63. The number of phenols is 1. The summed E-state index contributed by atoms with van der Waals surface area (Å²) in [6.45, 7) is 5.87. The zero-order valence-corrected chi connectivity index (χ0v) is 29.4. The molecule has 0 spiro atoms. The van der Waals surface area contributed by atoms with Gasteiger partial charge in [0.1, 0.15) is 11.6 Å². The molecule has 0 aliphatic heterocycles. The van der Waals surface area contributed by atoms with Gasteiger partial charge in [0.2, 0.25) is 0 Å². The van der Waals surface area contributed by atoms with Gasteiger partial charge in [-0.3, -0.25) is 14.4 Å². The quantitative estimate of drug-likeness (QED) is 0.137. The van der Waals surface area contributed by atoms with Crippen molar-refractivity contribution in [2.45, 2.75) is 20.3 Å². The Bertz CT molecular complexity index is 2180. The Labute approximate surface area is 297 Å². The van der Waals surface area contributed by atoms with E-state index in [9.17, 15) is 9.90 Å². The molecule has 2 N–H and O–H groups in total. The van der Waals surface area contributed by atoms with Gasteiger partial charge in [-0.15, -0.1) is 0 Å². The molecule has 0 amide bonds. The smallest absolute Gasteiger partial charge is 0.266 e. The Morgan fingerprint density at radius 1 is 0.917 bits per heavy atom. The number of phenolic OH excluding ortho intramolecular Hbond substituents is 1. The molecule has 48 heavy (non-hydrogen) atoms. The van der Waals surface area contributed by atoms with Crippen LogP contribution in [0.3, 0.4) is 0 Å². The Balaban J connectivity index is 1.36. The summed E-state index contributed by atoms with van der Waals surface area (Å²) in [5.41, 5.74) is 5.60. The summed E-state index contributed by atoms with van der Waals surface area (Å²) in [5.74, 6) is 0.722. The summed E-state index contributed by atoms with van der Waals surface area (Å²) < 4.78 is 2.43. The lowest BCUT2D eigenvalue weighted by Crippen LogP contribution is -2.24. The third-order valence-electron chi connectivity index (χ3n) is 8.09. The van der Waals surface area contributed by atoms with E-state index in [1.54, 1.807) is 41.1 Å². The number of rotatable bonds is 10. The molecule has 6 rings (SSSR count). The predicted octanol–water partition coefficient (Wildman–Crippen LogP) is 10.1. The van der Waals surface area contributed by atoms with Crippen LogP contribution in [0.5, 0.6) is 5.75 Å². The summed E-state index contributed by atoms with van der Waals surface area (Å²) in [5, 5.41) is 15.5. The molecule has 0 aliphatic carbocycles. The minimum absolute atomic E-state index is 0.163. The molecule has 0 unspecified atom stereocenters. The van der Waals surface area contributed by atoms with E-state index in [1.165, 1.54) is 0 Å². The van der Waals surface area contributed by atoms with Crippen LogP contribution in [0.15, 0.2) is 117 Å². The minimum atomic E-state index is -0.189. The molecule has 1 heterocycles. The van der Waals surface area contributed by atoms with Crippen molar-refractivity contribution in [3.63, 3.8) is 0 Å². The first-order valence-corrected chi connectivity index (χ1v) is 17.0. The molecule has 6 aromatic rings. The largest absolute Gasteiger partial charge is 0.507 e. The molecule has 0 fully saturated rings. The molecule has 10 heteroatoms. The molecule has 0 saturated carbocycles. The number of nitrogens with zero attached hydrogens (tertiary/aromatic N) is 4. The van der Waals surface area contributed by atoms with E-state index in [-0.39, 0.29) is 11.3 Å². The van der Waals surface area contributed by atoms with Gasteiger partial charge in [-0.2, -0.15) is 0 Å². The van der Waals surface area contributed by atoms with E-state index < -0.39 is 0 Å². The molecular formula is C38H32BrCl2N5O2. The van der Waals surface area contributed by atoms with Crippen LogP contribution < -0.4 is 15.8 Å². The maximum atomic E-state index is 14.1. The van der Waals surface area contributed by atoms with Gasteiger partial charge < -0.3 is 15.3 Å². The van der Waals surface area contributed by atoms with Gasteiger partial charge in [0.25, 0.3) is 5.56 Å². The average Bonchev–Trinajstić information content (AvgIpc) is 3.08. The Kier molecular flexibility index (Phi) is 10.2. The minimum Gasteiger partial charge on any atom is -0.507 e. The van der Waals surface area contributed by atoms with Crippen LogP contribution in [0.4, 0.5) is 22.7 Å². The number of halogens is 3. The normalized spacial score (nSPS) is 11.4. The third kappa shape index (κ3) is 7.11. The maximum absolute atomic E-state index is 14.1. The van der Waals surface area contributed by atoms with Gasteiger partial charge in [-0.1, -0.05) is 63.4 Å². The van der Waals surface area contributed by atoms with Crippen LogP contribution in [0.25, 0.3) is 16.6 Å². The lowest BCUT2D eigenvalue weighted by atomic mass is 10.1. The maximum Gasteiger partial charge on any atom is 0.266 e. The van der Waals surface area contributed by atoms with Gasteiger partial charge in [0, 0.05) is 53.2 Å². The predicted molar refractivity (Wildman–Crippen MR) is 203 cm³/mol. The number of anilines is 3. The lowest BCUT2D eigenvalue weighted by Gasteiger charge is -2.21. The standard InChI is InChI=1S/C38H32BrCl2N5O2/c1-3-45(4-2)29-16-12-25(35(47)22-29)23-42-27-14-17-28(18-15-27)46-36(43-34-19-13-26(39)21-30(34)38(46)48)20-24-8-5-6-11-33(24)44-37-31(40)9-7-10-32(37)41/h5-19,21-23,44,47H,3-4,20H2,1-2H3. The van der Waals surface area contributed by atoms with Crippen LogP contribution in [0.1, 0.15) is 30.8 Å². The highest BCUT2D eigenvalue weighted by atomic mass is 79.9. The number of aromatic hydroxyl groups is 1. The fourth-order valence-electron chi connectivity index (χ4n) is 5.57. The van der Waals surface area contributed by atoms with Crippen molar-refractivity contribution in [1.29, 1.82) is 0 Å². The first-order valence-electron chi connectivity index (χ1n) is 15.5. The zero-order chi connectivity index (χ0) is 33.8. The van der Waals surface area contributed by atoms with Crippen molar-refractivity contribution >= 4 is 79.0 Å². The average molecular weight is 742 g/mol. The van der Waals surface area contributed by atoms with Gasteiger partial charge in [-0.25, -0.2) is 4.98 Å². The highest BCUT2D eigenvalue weighted by Gasteiger charge is 2.17. The third-order valence-corrected chi connectivity index (χ3v) is 9.21. The van der Waals surface area contributed by atoms with E-state index in [4.69, 9.17) is 28.2 Å². The van der Waals surface area contributed by atoms with Gasteiger partial charge >= 0.3 is 0 Å². The van der Waals surface area contributed by atoms with Crippen LogP contribution in [0.2, 0.25) is 10.0 Å². The highest BCUT2D eigenvalue weighted by Crippen LogP contribution is 2.34. The lowest BCUT2D eigenvalue weighted by molar-refractivity contribution is 0.474. The zero-order valence-electron chi connectivity index (χ0n) is 26.3. The molecule has 5 aromatic carbocycles. The van der Waals surface area contributed by atoms with E-state index in [0.29, 0.717) is 55.8 Å². The molecule has 0 aliphatic rings. The number of benzene rings is 5. The van der Waals surface area contributed by atoms with Crippen molar-refractivity contribution < 1.29 is 5.11 Å². The molecule has 0 saturated heterocycles. The van der Waals surface area contributed by atoms with E-state index in [0.717, 1.165) is 34.5 Å². The van der Waals surface area contributed by atoms with Gasteiger partial charge in [-0.05, 0) is 92.2 Å². The van der Waals surface area contributed by atoms with Gasteiger partial charge in [0.05, 0.1) is 38.0 Å². The van der Waals surface area contributed by atoms with Crippen LogP contribution >= 0.6 is 39.1 Å². The van der Waals surface area contributed by atoms with Crippen LogP contribution in [-0.2, 0) is 6.42 Å². The van der Waals surface area contributed by atoms with Crippen molar-refractivity contribution in [2.75, 3.05) is 23.3 Å².